The fourth-order valence-electron chi connectivity index (χ4n) is 5.62. The molecule has 0 aliphatic carbocycles. The standard InChI is InChI=1S/C12H12F4O2.C11H10F4.C10H9F5O2.C10H14O.C9H7F5/c1-4-7-8(13)10(15)12(11(16)9(7)14)18-5-17-6(2)3;1-4-6-8(12)10(14)7(5(2)3)11(15)9(6)13;1-4(2)16-3-17-10-8(14)6(12)5(11)7(13)9(10)15;1-7(2)9-4-5-10(11)8(3)6-9;1-3(2)4-5(10)7(12)9(14)8(13)6(4)11/h4,6H,1,5H2,2-3H3;4-5H,1H2,2-3H3;4H,3H2,1-2H3;4-7,11H,1-3H3;3H,1-2H3. The molecule has 0 radical (unpaired) electrons. The van der Waals surface area contributed by atoms with Gasteiger partial charge in [-0.3, -0.25) is 0 Å². The molecule has 0 atom stereocenters. The summed E-state index contributed by atoms with van der Waals surface area (Å²) < 4.78 is 253. The molecule has 0 unspecified atom stereocenters. The fraction of sp³-hybridized carbons (Fsp3) is 0.346. The Balaban J connectivity index is 0.000000473. The van der Waals surface area contributed by atoms with Gasteiger partial charge in [0.1, 0.15) is 5.75 Å². The third-order valence-electron chi connectivity index (χ3n) is 9.66. The van der Waals surface area contributed by atoms with Crippen molar-refractivity contribution in [2.75, 3.05) is 13.6 Å². The molecule has 5 rings (SSSR count). The first kappa shape index (κ1) is 66.7. The number of rotatable bonds is 13. The van der Waals surface area contributed by atoms with Crippen molar-refractivity contribution < 1.29 is 103 Å². The van der Waals surface area contributed by atoms with Crippen LogP contribution in [0.2, 0.25) is 0 Å². The molecule has 1 N–H and O–H groups in total. The van der Waals surface area contributed by atoms with Gasteiger partial charge in [-0.2, -0.15) is 17.6 Å². The highest BCUT2D eigenvalue weighted by Crippen LogP contribution is 2.33. The number of ether oxygens (including phenoxy) is 4. The summed E-state index contributed by atoms with van der Waals surface area (Å²) in [4.78, 5) is 0. The topological polar surface area (TPSA) is 57.2 Å². The molecule has 23 heteroatoms. The lowest BCUT2D eigenvalue weighted by Crippen LogP contribution is -2.13. The minimum absolute atomic E-state index is 0.252. The molecule has 0 heterocycles. The first-order valence-corrected chi connectivity index (χ1v) is 21.9. The van der Waals surface area contributed by atoms with E-state index in [1.165, 1.54) is 33.3 Å². The Morgan fingerprint density at radius 2 is 0.667 bits per heavy atom. The van der Waals surface area contributed by atoms with E-state index in [2.05, 4.69) is 36.5 Å². The molecular formula is C52H52F18O5. The summed E-state index contributed by atoms with van der Waals surface area (Å²) in [6, 6.07) is 5.75. The normalized spacial score (nSPS) is 10.9. The van der Waals surface area contributed by atoms with Gasteiger partial charge in [-0.15, -0.1) is 0 Å². The van der Waals surface area contributed by atoms with Crippen molar-refractivity contribution in [2.24, 2.45) is 0 Å². The first-order chi connectivity index (χ1) is 34.7. The zero-order chi connectivity index (χ0) is 58.3. The van der Waals surface area contributed by atoms with Crippen molar-refractivity contribution in [3.63, 3.8) is 0 Å². The highest BCUT2D eigenvalue weighted by molar-refractivity contribution is 5.52. The van der Waals surface area contributed by atoms with Gasteiger partial charge in [0.25, 0.3) is 0 Å². The van der Waals surface area contributed by atoms with E-state index in [1.54, 1.807) is 33.8 Å². The molecule has 0 bridgehead atoms. The van der Waals surface area contributed by atoms with Gasteiger partial charge < -0.3 is 24.1 Å². The highest BCUT2D eigenvalue weighted by Gasteiger charge is 2.29. The van der Waals surface area contributed by atoms with Crippen LogP contribution in [0.1, 0.15) is 120 Å². The molecule has 5 aromatic carbocycles. The second kappa shape index (κ2) is 29.7. The molecule has 0 spiro atoms. The SMILES string of the molecule is C=Cc1c(F)c(F)c(C(C)C)c(F)c1F.C=Cc1c(F)c(F)c(OCOC(C)C)c(F)c1F.CC(C)OCOc1c(F)c(F)c(F)c(F)c1F.CC(C)c1c(F)c(F)c(F)c(F)c1F.Cc1cc(C(C)C)ccc1O. The summed E-state index contributed by atoms with van der Waals surface area (Å²) in [5.74, 6) is -34.6. The lowest BCUT2D eigenvalue weighted by Gasteiger charge is -2.12. The summed E-state index contributed by atoms with van der Waals surface area (Å²) in [5, 5.41) is 9.23. The Morgan fingerprint density at radius 1 is 0.400 bits per heavy atom. The number of aryl methyl sites for hydroxylation is 1. The third kappa shape index (κ3) is 17.1. The summed E-state index contributed by atoms with van der Waals surface area (Å²) in [6.07, 6.45) is 0.876. The number of phenols is 1. The molecule has 5 aromatic rings. The summed E-state index contributed by atoms with van der Waals surface area (Å²) >= 11 is 0. The fourth-order valence-corrected chi connectivity index (χ4v) is 5.62. The first-order valence-electron chi connectivity index (χ1n) is 21.9. The monoisotopic (exact) mass is 1100 g/mol. The van der Waals surface area contributed by atoms with Crippen LogP contribution in [0.4, 0.5) is 79.0 Å². The molecule has 75 heavy (non-hydrogen) atoms. The zero-order valence-electron chi connectivity index (χ0n) is 42.0. The van der Waals surface area contributed by atoms with Crippen molar-refractivity contribution in [3.8, 4) is 17.2 Å². The van der Waals surface area contributed by atoms with Crippen LogP contribution in [0.3, 0.4) is 0 Å². The minimum atomic E-state index is -2.22. The molecular weight excluding hydrogens is 1050 g/mol. The summed E-state index contributed by atoms with van der Waals surface area (Å²) in [6.45, 7) is 23.4. The van der Waals surface area contributed by atoms with E-state index in [-0.39, 0.29) is 12.2 Å². The van der Waals surface area contributed by atoms with E-state index in [4.69, 9.17) is 9.47 Å². The Labute approximate surface area is 421 Å². The van der Waals surface area contributed by atoms with E-state index in [0.717, 1.165) is 11.6 Å². The second-order valence-corrected chi connectivity index (χ2v) is 16.8. The molecule has 5 nitrogen and oxygen atoms in total. The van der Waals surface area contributed by atoms with E-state index >= 15 is 0 Å². The van der Waals surface area contributed by atoms with Crippen molar-refractivity contribution in [2.45, 2.75) is 106 Å². The van der Waals surface area contributed by atoms with Crippen molar-refractivity contribution in [1.82, 2.24) is 0 Å². The van der Waals surface area contributed by atoms with Gasteiger partial charge in [0.15, 0.2) is 83.3 Å². The van der Waals surface area contributed by atoms with Gasteiger partial charge in [-0.1, -0.05) is 79.0 Å². The van der Waals surface area contributed by atoms with Crippen LogP contribution in [0, 0.1) is 112 Å². The number of hydrogen-bond acceptors (Lipinski definition) is 5. The number of hydrogen-bond donors (Lipinski definition) is 1. The smallest absolute Gasteiger partial charge is 0.207 e. The molecule has 0 saturated heterocycles. The van der Waals surface area contributed by atoms with Crippen molar-refractivity contribution in [1.29, 1.82) is 0 Å². The molecule has 0 amide bonds. The highest BCUT2D eigenvalue weighted by atomic mass is 19.2. The number of aromatic hydroxyl groups is 1. The van der Waals surface area contributed by atoms with Crippen molar-refractivity contribution in [3.05, 3.63) is 169 Å². The Bertz CT molecular complexity index is 2660. The maximum Gasteiger partial charge on any atom is 0.207 e. The molecule has 0 fully saturated rings. The van der Waals surface area contributed by atoms with E-state index in [1.807, 2.05) is 19.1 Å². The molecule has 0 saturated carbocycles. The predicted molar refractivity (Wildman–Crippen MR) is 244 cm³/mol. The average molecular weight is 1100 g/mol. The van der Waals surface area contributed by atoms with Crippen LogP contribution < -0.4 is 9.47 Å². The van der Waals surface area contributed by atoms with Gasteiger partial charge in [0, 0.05) is 11.1 Å². The van der Waals surface area contributed by atoms with Gasteiger partial charge in [0.05, 0.1) is 23.3 Å². The summed E-state index contributed by atoms with van der Waals surface area (Å²) in [5.41, 5.74) is -0.759. The van der Waals surface area contributed by atoms with Gasteiger partial charge in [0.2, 0.25) is 46.5 Å². The lowest BCUT2D eigenvalue weighted by molar-refractivity contribution is -0.0243. The number of benzene rings is 5. The van der Waals surface area contributed by atoms with Crippen LogP contribution in [0.25, 0.3) is 12.2 Å². The van der Waals surface area contributed by atoms with E-state index in [9.17, 15) is 84.1 Å². The average Bonchev–Trinajstić information content (AvgIpc) is 3.34. The third-order valence-corrected chi connectivity index (χ3v) is 9.66. The van der Waals surface area contributed by atoms with E-state index < -0.39 is 164 Å². The lowest BCUT2D eigenvalue weighted by atomic mass is 9.99. The van der Waals surface area contributed by atoms with Gasteiger partial charge >= 0.3 is 0 Å². The molecule has 0 aliphatic rings. The Morgan fingerprint density at radius 3 is 0.933 bits per heavy atom. The predicted octanol–water partition coefficient (Wildman–Crippen LogP) is 17.1. The number of phenolic OH excluding ortho intramolecular Hbond substituents is 1. The van der Waals surface area contributed by atoms with Crippen LogP contribution in [-0.2, 0) is 9.47 Å². The zero-order valence-corrected chi connectivity index (χ0v) is 42.0. The molecule has 0 aliphatic heterocycles. The van der Waals surface area contributed by atoms with Crippen LogP contribution >= 0.6 is 0 Å². The van der Waals surface area contributed by atoms with Crippen LogP contribution in [0.5, 0.6) is 17.2 Å². The van der Waals surface area contributed by atoms with Gasteiger partial charge in [-0.05, 0) is 69.6 Å². The van der Waals surface area contributed by atoms with Gasteiger partial charge in [-0.25, -0.2) is 61.5 Å². The van der Waals surface area contributed by atoms with Crippen LogP contribution in [0.15, 0.2) is 31.4 Å². The second-order valence-electron chi connectivity index (χ2n) is 16.8. The molecule has 0 aromatic heterocycles. The minimum Gasteiger partial charge on any atom is -0.508 e. The number of halogens is 18. The maximum atomic E-state index is 13.4. The van der Waals surface area contributed by atoms with E-state index in [0.29, 0.717) is 17.7 Å². The van der Waals surface area contributed by atoms with Crippen molar-refractivity contribution >= 4 is 12.2 Å². The Kier molecular flexibility index (Phi) is 26.4. The quantitative estimate of drug-likeness (QED) is 0.0551. The Hall–Kier alpha value is -6.36. The maximum absolute atomic E-state index is 13.4. The largest absolute Gasteiger partial charge is 0.508 e. The van der Waals surface area contributed by atoms with Crippen LogP contribution in [-0.4, -0.2) is 30.9 Å². The summed E-state index contributed by atoms with van der Waals surface area (Å²) in [7, 11) is 0. The molecule has 416 valence electrons.